The number of pyridine rings is 2. The van der Waals surface area contributed by atoms with E-state index in [2.05, 4.69) is 48.9 Å². The fourth-order valence-corrected chi connectivity index (χ4v) is 5.74. The lowest BCUT2D eigenvalue weighted by Gasteiger charge is -1.99. The molecule has 0 saturated heterocycles. The fraction of sp³-hybridized carbons (Fsp3) is 0.250. The molecule has 0 atom stereocenters. The fourth-order valence-electron chi connectivity index (χ4n) is 5.53. The molecule has 2 saturated carbocycles. The lowest BCUT2D eigenvalue weighted by Crippen LogP contribution is -2.13. The van der Waals surface area contributed by atoms with E-state index < -0.39 is 0 Å². The van der Waals surface area contributed by atoms with Crippen LogP contribution >= 0.6 is 11.6 Å². The second-order valence-corrected chi connectivity index (χ2v) is 12.5. The van der Waals surface area contributed by atoms with Crippen molar-refractivity contribution in [3.63, 3.8) is 0 Å². The number of carbonyl (C=O) groups excluding carboxylic acids is 1. The van der Waals surface area contributed by atoms with Crippen molar-refractivity contribution in [1.82, 2.24) is 20.1 Å². The summed E-state index contributed by atoms with van der Waals surface area (Å²) in [6, 6.07) is 19.1. The maximum atomic E-state index is 13.1. The number of oxime groups is 1. The minimum atomic E-state index is -0.331. The van der Waals surface area contributed by atoms with Gasteiger partial charge in [0, 0.05) is 46.5 Å². The van der Waals surface area contributed by atoms with Crippen molar-refractivity contribution in [3.8, 4) is 35.1 Å². The molecule has 264 valence electrons. The van der Waals surface area contributed by atoms with E-state index in [0.717, 1.165) is 37.1 Å². The molecule has 2 aromatic carbocycles. The van der Waals surface area contributed by atoms with E-state index in [1.54, 1.807) is 48.7 Å². The SMILES string of the molecule is Fc1cccc(C#Cc2ccc(-c3noc(C4CCCC4)n3)cn2)c1.N/C(=N\O)c1ccc(C#Cc2cccc(F)c2)nc1.O=C(Cl)C1CCCC1. The molecule has 2 aliphatic rings. The molecule has 12 heteroatoms. The van der Waals surface area contributed by atoms with Crippen LogP contribution < -0.4 is 5.73 Å². The number of benzene rings is 2. The number of aromatic nitrogens is 4. The van der Waals surface area contributed by atoms with Crippen molar-refractivity contribution >= 4 is 22.7 Å². The first-order chi connectivity index (χ1) is 25.3. The number of rotatable bonds is 4. The van der Waals surface area contributed by atoms with E-state index in [1.165, 1.54) is 56.1 Å². The predicted octanol–water partition coefficient (Wildman–Crippen LogP) is 7.99. The zero-order chi connectivity index (χ0) is 36.7. The first-order valence-corrected chi connectivity index (χ1v) is 17.1. The van der Waals surface area contributed by atoms with Crippen LogP contribution in [-0.4, -0.2) is 36.4 Å². The van der Waals surface area contributed by atoms with Gasteiger partial charge in [-0.3, -0.25) is 4.79 Å². The average Bonchev–Trinajstić information content (AvgIpc) is 3.98. The van der Waals surface area contributed by atoms with Gasteiger partial charge in [-0.2, -0.15) is 4.98 Å². The number of hydrogen-bond acceptors (Lipinski definition) is 8. The number of halogens is 3. The van der Waals surface area contributed by atoms with Crippen molar-refractivity contribution in [3.05, 3.63) is 131 Å². The zero-order valence-electron chi connectivity index (χ0n) is 28.1. The highest BCUT2D eigenvalue weighted by molar-refractivity contribution is 6.64. The number of nitrogens with zero attached hydrogens (tertiary/aromatic N) is 5. The Morgan fingerprint density at radius 1 is 0.808 bits per heavy atom. The Bertz CT molecular complexity index is 2100. The summed E-state index contributed by atoms with van der Waals surface area (Å²) in [5, 5.41) is 15.3. The van der Waals surface area contributed by atoms with Gasteiger partial charge in [-0.05, 0) is 110 Å². The molecule has 0 spiro atoms. The molecule has 3 heterocycles. The third kappa shape index (κ3) is 11.3. The summed E-state index contributed by atoms with van der Waals surface area (Å²) >= 11 is 5.25. The van der Waals surface area contributed by atoms with Crippen molar-refractivity contribution in [2.24, 2.45) is 16.8 Å². The van der Waals surface area contributed by atoms with Crippen LogP contribution in [0.25, 0.3) is 11.4 Å². The van der Waals surface area contributed by atoms with Gasteiger partial charge in [0.15, 0.2) is 5.84 Å². The van der Waals surface area contributed by atoms with E-state index in [1.807, 2.05) is 6.07 Å². The molecule has 0 amide bonds. The molecule has 0 unspecified atom stereocenters. The van der Waals surface area contributed by atoms with E-state index in [4.69, 9.17) is 27.1 Å². The van der Waals surface area contributed by atoms with Crippen LogP contribution in [0.3, 0.4) is 0 Å². The molecule has 3 aromatic heterocycles. The lowest BCUT2D eigenvalue weighted by atomic mass is 10.1. The number of nitrogens with two attached hydrogens (primary N) is 1. The standard InChI is InChI=1S/C20H16FN3O.C14H10FN3O.C6H9ClO/c21-17-7-3-4-14(12-17)8-10-18-11-9-16(13-22-18)19-23-20(25-24-19)15-5-1-2-6-15;15-12-3-1-2-10(8-12)4-6-13-7-5-11(9-17-13)14(16)18-19;7-6(8)5-3-1-2-4-5/h3-4,7,9,11-13,15H,1-2,5-6H2;1-3,5,7-9,19H,(H2,16,18);5H,1-4H2. The Balaban J connectivity index is 0.000000170. The van der Waals surface area contributed by atoms with Crippen molar-refractivity contribution in [1.29, 1.82) is 0 Å². The third-order valence-electron chi connectivity index (χ3n) is 8.33. The van der Waals surface area contributed by atoms with Crippen molar-refractivity contribution in [2.45, 2.75) is 57.3 Å². The lowest BCUT2D eigenvalue weighted by molar-refractivity contribution is -0.114. The molecule has 9 nitrogen and oxygen atoms in total. The number of amidine groups is 1. The topological polar surface area (TPSA) is 140 Å². The Morgan fingerprint density at radius 2 is 1.38 bits per heavy atom. The van der Waals surface area contributed by atoms with Crippen LogP contribution in [0, 0.1) is 41.2 Å². The summed E-state index contributed by atoms with van der Waals surface area (Å²) in [6.07, 6.45) is 12.2. The van der Waals surface area contributed by atoms with Gasteiger partial charge >= 0.3 is 0 Å². The van der Waals surface area contributed by atoms with Gasteiger partial charge in [-0.1, -0.05) is 60.0 Å². The Labute approximate surface area is 305 Å². The molecule has 7 rings (SSSR count). The number of hydrogen-bond donors (Lipinski definition) is 2. The van der Waals surface area contributed by atoms with Crippen molar-refractivity contribution < 1.29 is 23.3 Å². The Kier molecular flexibility index (Phi) is 13.6. The van der Waals surface area contributed by atoms with Crippen molar-refractivity contribution in [2.75, 3.05) is 0 Å². The molecule has 5 aromatic rings. The summed E-state index contributed by atoms with van der Waals surface area (Å²) in [5.41, 5.74) is 9.01. The zero-order valence-corrected chi connectivity index (χ0v) is 28.9. The van der Waals surface area contributed by atoms with Gasteiger partial charge in [0.2, 0.25) is 17.0 Å². The monoisotopic (exact) mass is 720 g/mol. The summed E-state index contributed by atoms with van der Waals surface area (Å²) in [5.74, 6) is 12.6. The Hall–Kier alpha value is -5.91. The molecule has 0 bridgehead atoms. The van der Waals surface area contributed by atoms with Gasteiger partial charge < -0.3 is 15.5 Å². The molecule has 2 aliphatic carbocycles. The highest BCUT2D eigenvalue weighted by atomic mass is 35.5. The van der Waals surface area contributed by atoms with Crippen LogP contribution in [0.1, 0.15) is 91.3 Å². The normalized spacial score (nSPS) is 14.1. The van der Waals surface area contributed by atoms with Crippen LogP contribution in [0.5, 0.6) is 0 Å². The van der Waals surface area contributed by atoms with E-state index in [-0.39, 0.29) is 28.6 Å². The quantitative estimate of drug-likeness (QED) is 0.0476. The van der Waals surface area contributed by atoms with E-state index >= 15 is 0 Å². The van der Waals surface area contributed by atoms with Gasteiger partial charge in [0.05, 0.1) is 0 Å². The van der Waals surface area contributed by atoms with Gasteiger partial charge in [0.25, 0.3) is 0 Å². The minimum Gasteiger partial charge on any atom is -0.409 e. The summed E-state index contributed by atoms with van der Waals surface area (Å²) in [6.45, 7) is 0. The van der Waals surface area contributed by atoms with E-state index in [0.29, 0.717) is 39.8 Å². The molecule has 52 heavy (non-hydrogen) atoms. The third-order valence-corrected chi connectivity index (χ3v) is 8.64. The first-order valence-electron chi connectivity index (χ1n) is 16.8. The second-order valence-electron chi connectivity index (χ2n) is 12.1. The largest absolute Gasteiger partial charge is 0.409 e. The maximum Gasteiger partial charge on any atom is 0.230 e. The molecule has 3 N–H and O–H groups in total. The predicted molar refractivity (Wildman–Crippen MR) is 193 cm³/mol. The van der Waals surface area contributed by atoms with Crippen LogP contribution in [0.2, 0.25) is 0 Å². The van der Waals surface area contributed by atoms with E-state index in [9.17, 15) is 13.6 Å². The highest BCUT2D eigenvalue weighted by Gasteiger charge is 2.23. The highest BCUT2D eigenvalue weighted by Crippen LogP contribution is 2.33. The van der Waals surface area contributed by atoms with Crippen LogP contribution in [-0.2, 0) is 4.79 Å². The molecular weight excluding hydrogens is 686 g/mol. The molecule has 0 radical (unpaired) electrons. The van der Waals surface area contributed by atoms with Crippen LogP contribution in [0.15, 0.2) is 94.9 Å². The summed E-state index contributed by atoms with van der Waals surface area (Å²) in [7, 11) is 0. The average molecular weight is 721 g/mol. The van der Waals surface area contributed by atoms with Gasteiger partial charge in [-0.15, -0.1) is 0 Å². The molecule has 0 aliphatic heterocycles. The molecular formula is C40H35ClF2N6O3. The summed E-state index contributed by atoms with van der Waals surface area (Å²) in [4.78, 5) is 23.3. The first kappa shape index (κ1) is 37.3. The van der Waals surface area contributed by atoms with Gasteiger partial charge in [-0.25, -0.2) is 18.7 Å². The second kappa shape index (κ2) is 18.9. The Morgan fingerprint density at radius 3 is 1.87 bits per heavy atom. The molecule has 2 fully saturated rings. The number of carbonyl (C=O) groups is 1. The minimum absolute atomic E-state index is 0.0165. The van der Waals surface area contributed by atoms with Crippen LogP contribution in [0.4, 0.5) is 8.78 Å². The smallest absolute Gasteiger partial charge is 0.230 e. The van der Waals surface area contributed by atoms with Gasteiger partial charge in [0.1, 0.15) is 23.0 Å². The summed E-state index contributed by atoms with van der Waals surface area (Å²) < 4.78 is 31.5. The maximum absolute atomic E-state index is 13.1.